The second kappa shape index (κ2) is 8.49. The molecule has 1 aromatic heterocycles. The van der Waals surface area contributed by atoms with Crippen LogP contribution in [-0.4, -0.2) is 58.0 Å². The summed E-state index contributed by atoms with van der Waals surface area (Å²) in [6.07, 6.45) is 7.50. The van der Waals surface area contributed by atoms with E-state index in [0.29, 0.717) is 5.56 Å². The van der Waals surface area contributed by atoms with Gasteiger partial charge >= 0.3 is 6.03 Å². The number of aromatic nitrogens is 2. The normalized spacial score (nSPS) is 18.4. The summed E-state index contributed by atoms with van der Waals surface area (Å²) in [6, 6.07) is -0.0433. The van der Waals surface area contributed by atoms with Crippen LogP contribution >= 0.6 is 0 Å². The highest BCUT2D eigenvalue weighted by atomic mass is 16.3. The molecule has 0 saturated carbocycles. The number of hydrogen-bond donors (Lipinski definition) is 3. The molecule has 0 aromatic carbocycles. The van der Waals surface area contributed by atoms with E-state index in [2.05, 4.69) is 40.6 Å². The van der Waals surface area contributed by atoms with Gasteiger partial charge in [-0.2, -0.15) is 5.10 Å². The van der Waals surface area contributed by atoms with E-state index in [-0.39, 0.29) is 18.6 Å². The summed E-state index contributed by atoms with van der Waals surface area (Å²) in [6.45, 7) is 8.99. The highest BCUT2D eigenvalue weighted by molar-refractivity contribution is 5.74. The average molecular weight is 349 g/mol. The number of aryl methyl sites for hydroxylation is 1. The van der Waals surface area contributed by atoms with Crippen LogP contribution in [0.3, 0.4) is 0 Å². The molecule has 0 aliphatic carbocycles. The Kier molecular flexibility index (Phi) is 6.61. The van der Waals surface area contributed by atoms with Gasteiger partial charge in [-0.1, -0.05) is 11.6 Å². The van der Waals surface area contributed by atoms with Crippen LogP contribution in [0.2, 0.25) is 0 Å². The van der Waals surface area contributed by atoms with Crippen molar-refractivity contribution < 1.29 is 9.90 Å². The van der Waals surface area contributed by atoms with Crippen LogP contribution in [-0.2, 0) is 12.6 Å². The first kappa shape index (κ1) is 19.5. The Hall–Kier alpha value is -1.86. The second-order valence-corrected chi connectivity index (χ2v) is 7.36. The van der Waals surface area contributed by atoms with Gasteiger partial charge in [0.15, 0.2) is 0 Å². The molecule has 7 heteroatoms. The number of allylic oxidation sites excluding steroid dienone is 1. The minimum absolute atomic E-state index is 0.143. The summed E-state index contributed by atoms with van der Waals surface area (Å²) >= 11 is 0. The highest BCUT2D eigenvalue weighted by Gasteiger charge is 2.26. The zero-order chi connectivity index (χ0) is 18.4. The van der Waals surface area contributed by atoms with Crippen molar-refractivity contribution in [3.05, 3.63) is 29.6 Å². The van der Waals surface area contributed by atoms with Crippen molar-refractivity contribution in [2.24, 2.45) is 7.05 Å². The lowest BCUT2D eigenvalue weighted by Gasteiger charge is -2.32. The van der Waals surface area contributed by atoms with E-state index < -0.39 is 5.60 Å². The van der Waals surface area contributed by atoms with Gasteiger partial charge in [0.25, 0.3) is 0 Å². The molecule has 1 saturated heterocycles. The van der Waals surface area contributed by atoms with E-state index in [4.69, 9.17) is 0 Å². The molecule has 0 radical (unpaired) electrons. The van der Waals surface area contributed by atoms with Gasteiger partial charge in [-0.25, -0.2) is 4.79 Å². The lowest BCUT2D eigenvalue weighted by Crippen LogP contribution is -2.50. The first-order valence-corrected chi connectivity index (χ1v) is 8.88. The molecule has 2 amide bonds. The summed E-state index contributed by atoms with van der Waals surface area (Å²) in [4.78, 5) is 14.5. The third-order valence-electron chi connectivity index (χ3n) is 4.60. The summed E-state index contributed by atoms with van der Waals surface area (Å²) in [7, 11) is 1.80. The summed E-state index contributed by atoms with van der Waals surface area (Å²) in [5.41, 5.74) is 0.877. The number of amides is 2. The molecule has 0 unspecified atom stereocenters. The molecular formula is C18H31N5O2. The summed E-state index contributed by atoms with van der Waals surface area (Å²) < 4.78 is 1.63. The van der Waals surface area contributed by atoms with Gasteiger partial charge < -0.3 is 15.7 Å². The van der Waals surface area contributed by atoms with Crippen molar-refractivity contribution >= 4 is 6.03 Å². The van der Waals surface area contributed by atoms with E-state index >= 15 is 0 Å². The Morgan fingerprint density at radius 2 is 2.12 bits per heavy atom. The number of likely N-dealkylation sites (tertiary alicyclic amines) is 1. The lowest BCUT2D eigenvalue weighted by molar-refractivity contribution is 0.0590. The van der Waals surface area contributed by atoms with E-state index in [0.717, 1.165) is 32.5 Å². The van der Waals surface area contributed by atoms with Gasteiger partial charge in [0, 0.05) is 44.5 Å². The predicted molar refractivity (Wildman–Crippen MR) is 98.2 cm³/mol. The minimum atomic E-state index is -1.14. The Morgan fingerprint density at radius 1 is 1.44 bits per heavy atom. The van der Waals surface area contributed by atoms with Crippen LogP contribution in [0.25, 0.3) is 0 Å². The van der Waals surface area contributed by atoms with Crippen molar-refractivity contribution in [3.8, 4) is 0 Å². The largest absolute Gasteiger partial charge is 0.383 e. The molecule has 1 aliphatic heterocycles. The fourth-order valence-electron chi connectivity index (χ4n) is 2.86. The number of nitrogens with one attached hydrogen (secondary N) is 2. The van der Waals surface area contributed by atoms with E-state index in [1.807, 2.05) is 0 Å². The molecule has 25 heavy (non-hydrogen) atoms. The third kappa shape index (κ3) is 6.17. The van der Waals surface area contributed by atoms with Crippen molar-refractivity contribution in [1.29, 1.82) is 0 Å². The van der Waals surface area contributed by atoms with Gasteiger partial charge in [-0.3, -0.25) is 9.58 Å². The van der Waals surface area contributed by atoms with Gasteiger partial charge in [0.1, 0.15) is 5.60 Å². The van der Waals surface area contributed by atoms with Crippen molar-refractivity contribution in [3.63, 3.8) is 0 Å². The lowest BCUT2D eigenvalue weighted by atomic mass is 10.00. The molecule has 140 valence electrons. The average Bonchev–Trinajstić information content (AvgIpc) is 3.00. The number of piperidine rings is 1. The fourth-order valence-corrected chi connectivity index (χ4v) is 2.86. The smallest absolute Gasteiger partial charge is 0.315 e. The molecule has 1 aliphatic rings. The maximum absolute atomic E-state index is 12.1. The number of rotatable bonds is 6. The Balaban J connectivity index is 1.71. The first-order valence-electron chi connectivity index (χ1n) is 8.88. The van der Waals surface area contributed by atoms with Crippen molar-refractivity contribution in [2.75, 3.05) is 26.2 Å². The molecule has 2 heterocycles. The standard InChI is InChI=1S/C18H31N5O2/c1-14(2)5-8-23-9-6-16(7-10-23)21-17(24)19-13-18(3,25)15-11-20-22(4)12-15/h5,11-12,16,25H,6-10,13H2,1-4H3,(H2,19,21,24)/t18-/m0/s1. The van der Waals surface area contributed by atoms with Crippen molar-refractivity contribution in [2.45, 2.75) is 45.3 Å². The molecule has 2 rings (SSSR count). The van der Waals surface area contributed by atoms with E-state index in [1.165, 1.54) is 5.57 Å². The molecule has 1 aromatic rings. The van der Waals surface area contributed by atoms with Gasteiger partial charge in [0.05, 0.1) is 12.7 Å². The quantitative estimate of drug-likeness (QED) is 0.677. The minimum Gasteiger partial charge on any atom is -0.383 e. The maximum atomic E-state index is 12.1. The molecule has 7 nitrogen and oxygen atoms in total. The summed E-state index contributed by atoms with van der Waals surface area (Å²) in [5.74, 6) is 0. The third-order valence-corrected chi connectivity index (χ3v) is 4.60. The fraction of sp³-hybridized carbons (Fsp3) is 0.667. The molecule has 0 spiro atoms. The monoisotopic (exact) mass is 349 g/mol. The number of carbonyl (C=O) groups is 1. The van der Waals surface area contributed by atoms with Gasteiger partial charge in [-0.05, 0) is 33.6 Å². The van der Waals surface area contributed by atoms with Crippen LogP contribution in [0.15, 0.2) is 24.0 Å². The molecular weight excluding hydrogens is 318 g/mol. The number of aliphatic hydroxyl groups is 1. The Bertz CT molecular complexity index is 596. The number of nitrogens with zero attached hydrogens (tertiary/aromatic N) is 3. The molecule has 1 fully saturated rings. The zero-order valence-corrected chi connectivity index (χ0v) is 15.7. The molecule has 0 bridgehead atoms. The van der Waals surface area contributed by atoms with E-state index in [9.17, 15) is 9.90 Å². The van der Waals surface area contributed by atoms with E-state index in [1.54, 1.807) is 31.0 Å². The summed E-state index contributed by atoms with van der Waals surface area (Å²) in [5, 5.41) is 20.3. The SMILES string of the molecule is CC(C)=CCN1CCC(NC(=O)NC[C@](C)(O)c2cnn(C)c2)CC1. The van der Waals surface area contributed by atoms with Gasteiger partial charge in [-0.15, -0.1) is 0 Å². The van der Waals surface area contributed by atoms with Crippen LogP contribution in [0.1, 0.15) is 39.2 Å². The zero-order valence-electron chi connectivity index (χ0n) is 15.7. The van der Waals surface area contributed by atoms with Crippen LogP contribution in [0.5, 0.6) is 0 Å². The Labute approximate surface area is 150 Å². The van der Waals surface area contributed by atoms with Crippen molar-refractivity contribution in [1.82, 2.24) is 25.3 Å². The predicted octanol–water partition coefficient (Wildman–Crippen LogP) is 1.36. The van der Waals surface area contributed by atoms with Gasteiger partial charge in [0.2, 0.25) is 0 Å². The van der Waals surface area contributed by atoms with Crippen LogP contribution < -0.4 is 10.6 Å². The topological polar surface area (TPSA) is 82.4 Å². The number of hydrogen-bond acceptors (Lipinski definition) is 4. The van der Waals surface area contributed by atoms with Crippen LogP contribution in [0.4, 0.5) is 4.79 Å². The molecule has 3 N–H and O–H groups in total. The first-order chi connectivity index (χ1) is 11.8. The maximum Gasteiger partial charge on any atom is 0.315 e. The molecule has 1 atom stereocenters. The second-order valence-electron chi connectivity index (χ2n) is 7.36. The number of urea groups is 1. The highest BCUT2D eigenvalue weighted by Crippen LogP contribution is 2.18. The Morgan fingerprint density at radius 3 is 2.68 bits per heavy atom. The van der Waals surface area contributed by atoms with Crippen LogP contribution in [0, 0.1) is 0 Å². The number of carbonyl (C=O) groups excluding carboxylic acids is 1.